The minimum Gasteiger partial charge on any atom is -0.455 e. The van der Waals surface area contributed by atoms with Crippen molar-refractivity contribution in [3.8, 4) is 0 Å². The number of nitrogens with one attached hydrogen (secondary N) is 1. The first-order valence-corrected chi connectivity index (χ1v) is 7.34. The summed E-state index contributed by atoms with van der Waals surface area (Å²) in [6.45, 7) is 8.20. The van der Waals surface area contributed by atoms with Gasteiger partial charge in [-0.05, 0) is 35.4 Å². The van der Waals surface area contributed by atoms with Gasteiger partial charge < -0.3 is 10.1 Å². The maximum Gasteiger partial charge on any atom is 0.309 e. The van der Waals surface area contributed by atoms with Gasteiger partial charge in [-0.25, -0.2) is 0 Å². The maximum absolute atomic E-state index is 11.7. The summed E-state index contributed by atoms with van der Waals surface area (Å²) in [4.78, 5) is 23.3. The number of hydrogen-bond acceptors (Lipinski definition) is 3. The highest BCUT2D eigenvalue weighted by Gasteiger charge is 2.40. The molecule has 0 unspecified atom stereocenters. The Morgan fingerprint density at radius 3 is 2.29 bits per heavy atom. The van der Waals surface area contributed by atoms with Crippen LogP contribution in [0.2, 0.25) is 0 Å². The van der Waals surface area contributed by atoms with Gasteiger partial charge in [0, 0.05) is 5.69 Å². The van der Waals surface area contributed by atoms with Crippen LogP contribution in [0.3, 0.4) is 0 Å². The first-order valence-electron chi connectivity index (χ1n) is 7.34. The molecule has 0 aliphatic heterocycles. The van der Waals surface area contributed by atoms with Gasteiger partial charge in [-0.3, -0.25) is 9.59 Å². The third kappa shape index (κ3) is 4.31. The van der Waals surface area contributed by atoms with Crippen molar-refractivity contribution in [3.63, 3.8) is 0 Å². The molecule has 4 nitrogen and oxygen atoms in total. The molecule has 0 radical (unpaired) electrons. The topological polar surface area (TPSA) is 55.4 Å². The molecule has 2 atom stereocenters. The van der Waals surface area contributed by atoms with Gasteiger partial charge in [0.25, 0.3) is 5.91 Å². The normalized spacial score (nSPS) is 20.8. The van der Waals surface area contributed by atoms with E-state index in [2.05, 4.69) is 26.1 Å². The molecule has 1 N–H and O–H groups in total. The summed E-state index contributed by atoms with van der Waals surface area (Å²) in [5.74, 6) is -0.185. The third-order valence-electron chi connectivity index (χ3n) is 3.79. The standard InChI is InChI=1S/C17H23NO3/c1-11-9-14(11)16(20)21-10-15(19)18-13-7-5-12(6-8-13)17(2,3)4/h5-8,11,14H,9-10H2,1-4H3,(H,18,19)/t11-,14-/m1/s1. The van der Waals surface area contributed by atoms with Gasteiger partial charge in [0.1, 0.15) is 0 Å². The van der Waals surface area contributed by atoms with Crippen LogP contribution in [0.4, 0.5) is 5.69 Å². The van der Waals surface area contributed by atoms with Crippen molar-refractivity contribution in [2.45, 2.75) is 39.5 Å². The fraction of sp³-hybridized carbons (Fsp3) is 0.529. The molecule has 0 heterocycles. The zero-order valence-electron chi connectivity index (χ0n) is 13.1. The SMILES string of the molecule is C[C@@H]1C[C@H]1C(=O)OCC(=O)Nc1ccc(C(C)(C)C)cc1. The number of anilines is 1. The van der Waals surface area contributed by atoms with E-state index in [9.17, 15) is 9.59 Å². The predicted molar refractivity (Wildman–Crippen MR) is 82.0 cm³/mol. The van der Waals surface area contributed by atoms with E-state index in [1.807, 2.05) is 31.2 Å². The molecule has 0 spiro atoms. The molecule has 0 aromatic heterocycles. The van der Waals surface area contributed by atoms with Crippen LogP contribution < -0.4 is 5.32 Å². The van der Waals surface area contributed by atoms with Crippen LogP contribution in [0.15, 0.2) is 24.3 Å². The summed E-state index contributed by atoms with van der Waals surface area (Å²) in [5.41, 5.74) is 2.00. The van der Waals surface area contributed by atoms with E-state index >= 15 is 0 Å². The molecule has 1 fully saturated rings. The monoisotopic (exact) mass is 289 g/mol. The Hall–Kier alpha value is -1.84. The number of esters is 1. The molecule has 1 amide bonds. The van der Waals surface area contributed by atoms with Gasteiger partial charge in [0.2, 0.25) is 0 Å². The largest absolute Gasteiger partial charge is 0.455 e. The lowest BCUT2D eigenvalue weighted by molar-refractivity contribution is -0.148. The second-order valence-corrected chi connectivity index (χ2v) is 6.80. The van der Waals surface area contributed by atoms with E-state index in [1.54, 1.807) is 0 Å². The molecule has 0 bridgehead atoms. The van der Waals surface area contributed by atoms with Gasteiger partial charge in [0.05, 0.1) is 5.92 Å². The summed E-state index contributed by atoms with van der Waals surface area (Å²) in [7, 11) is 0. The second kappa shape index (κ2) is 5.88. The van der Waals surface area contributed by atoms with Crippen molar-refractivity contribution in [2.24, 2.45) is 11.8 Å². The first-order chi connectivity index (χ1) is 9.77. The van der Waals surface area contributed by atoms with E-state index in [0.717, 1.165) is 6.42 Å². The number of rotatable bonds is 4. The summed E-state index contributed by atoms with van der Waals surface area (Å²) < 4.78 is 5.00. The molecule has 1 aromatic rings. The molecular weight excluding hydrogens is 266 g/mol. The van der Waals surface area contributed by atoms with Crippen LogP contribution in [0.25, 0.3) is 0 Å². The Bertz CT molecular complexity index is 528. The van der Waals surface area contributed by atoms with Crippen molar-refractivity contribution in [3.05, 3.63) is 29.8 Å². The zero-order chi connectivity index (χ0) is 15.6. The Labute approximate surface area is 125 Å². The quantitative estimate of drug-likeness (QED) is 0.866. The fourth-order valence-electron chi connectivity index (χ4n) is 2.14. The van der Waals surface area contributed by atoms with E-state index in [0.29, 0.717) is 11.6 Å². The summed E-state index contributed by atoms with van der Waals surface area (Å²) in [6.07, 6.45) is 0.870. The van der Waals surface area contributed by atoms with Gasteiger partial charge in [0.15, 0.2) is 6.61 Å². The molecule has 1 aromatic carbocycles. The third-order valence-corrected chi connectivity index (χ3v) is 3.79. The highest BCUT2D eigenvalue weighted by molar-refractivity contribution is 5.93. The minimum absolute atomic E-state index is 0.0103. The number of hydrogen-bond donors (Lipinski definition) is 1. The number of carbonyl (C=O) groups excluding carboxylic acids is 2. The summed E-state index contributed by atoms with van der Waals surface area (Å²) in [6, 6.07) is 7.72. The smallest absolute Gasteiger partial charge is 0.309 e. The molecule has 4 heteroatoms. The second-order valence-electron chi connectivity index (χ2n) is 6.80. The fourth-order valence-corrected chi connectivity index (χ4v) is 2.14. The van der Waals surface area contributed by atoms with Crippen molar-refractivity contribution < 1.29 is 14.3 Å². The highest BCUT2D eigenvalue weighted by atomic mass is 16.5. The molecule has 1 aliphatic rings. The lowest BCUT2D eigenvalue weighted by Crippen LogP contribution is -2.21. The van der Waals surface area contributed by atoms with Gasteiger partial charge in [-0.1, -0.05) is 39.8 Å². The van der Waals surface area contributed by atoms with E-state index < -0.39 is 0 Å². The number of amides is 1. The highest BCUT2D eigenvalue weighted by Crippen LogP contribution is 2.38. The van der Waals surface area contributed by atoms with Gasteiger partial charge >= 0.3 is 5.97 Å². The summed E-state index contributed by atoms with van der Waals surface area (Å²) >= 11 is 0. The van der Waals surface area contributed by atoms with Crippen LogP contribution >= 0.6 is 0 Å². The molecule has 2 rings (SSSR count). The average molecular weight is 289 g/mol. The van der Waals surface area contributed by atoms with Crippen LogP contribution in [0.1, 0.15) is 39.7 Å². The number of benzene rings is 1. The molecule has 1 aliphatic carbocycles. The molecule has 21 heavy (non-hydrogen) atoms. The van der Waals surface area contributed by atoms with Crippen LogP contribution in [-0.2, 0) is 19.7 Å². The number of ether oxygens (including phenoxy) is 1. The van der Waals surface area contributed by atoms with Gasteiger partial charge in [-0.15, -0.1) is 0 Å². The minimum atomic E-state index is -0.305. The van der Waals surface area contributed by atoms with Crippen molar-refractivity contribution in [1.29, 1.82) is 0 Å². The Morgan fingerprint density at radius 2 is 1.81 bits per heavy atom. The lowest BCUT2D eigenvalue weighted by atomic mass is 9.87. The van der Waals surface area contributed by atoms with Crippen LogP contribution in [-0.4, -0.2) is 18.5 Å². The lowest BCUT2D eigenvalue weighted by Gasteiger charge is -2.19. The van der Waals surface area contributed by atoms with Crippen LogP contribution in [0.5, 0.6) is 0 Å². The van der Waals surface area contributed by atoms with Crippen molar-refractivity contribution in [2.75, 3.05) is 11.9 Å². The molecular formula is C17H23NO3. The predicted octanol–water partition coefficient (Wildman–Crippen LogP) is 3.12. The zero-order valence-corrected chi connectivity index (χ0v) is 13.1. The van der Waals surface area contributed by atoms with Crippen molar-refractivity contribution >= 4 is 17.6 Å². The van der Waals surface area contributed by atoms with E-state index in [1.165, 1.54) is 5.56 Å². The first kappa shape index (κ1) is 15.5. The molecule has 114 valence electrons. The molecule has 1 saturated carbocycles. The van der Waals surface area contributed by atoms with E-state index in [4.69, 9.17) is 4.74 Å². The number of carbonyl (C=O) groups is 2. The van der Waals surface area contributed by atoms with Crippen LogP contribution in [0, 0.1) is 11.8 Å². The summed E-state index contributed by atoms with van der Waals surface area (Å²) in [5, 5.41) is 2.73. The molecule has 0 saturated heterocycles. The van der Waals surface area contributed by atoms with Crippen molar-refractivity contribution in [1.82, 2.24) is 0 Å². The Balaban J connectivity index is 1.81. The van der Waals surface area contributed by atoms with E-state index in [-0.39, 0.29) is 29.8 Å². The Kier molecular flexibility index (Phi) is 4.35. The van der Waals surface area contributed by atoms with Gasteiger partial charge in [-0.2, -0.15) is 0 Å². The Morgan fingerprint density at radius 1 is 1.24 bits per heavy atom. The maximum atomic E-state index is 11.7. The average Bonchev–Trinajstić information content (AvgIpc) is 3.13.